The zero-order valence-electron chi connectivity index (χ0n) is 11.8. The molecule has 5 nitrogen and oxygen atoms in total. The first-order chi connectivity index (χ1) is 10.0. The van der Waals surface area contributed by atoms with Gasteiger partial charge < -0.3 is 16.0 Å². The van der Waals surface area contributed by atoms with Gasteiger partial charge in [-0.1, -0.05) is 24.8 Å². The van der Waals surface area contributed by atoms with E-state index >= 15 is 0 Å². The molecule has 0 saturated heterocycles. The molecule has 0 fully saturated rings. The van der Waals surface area contributed by atoms with E-state index in [2.05, 4.69) is 15.3 Å². The van der Waals surface area contributed by atoms with Crippen molar-refractivity contribution in [3.05, 3.63) is 46.0 Å². The summed E-state index contributed by atoms with van der Waals surface area (Å²) in [7, 11) is 0. The number of H-pyrrole nitrogens is 1. The second-order valence-corrected chi connectivity index (χ2v) is 5.54. The summed E-state index contributed by atoms with van der Waals surface area (Å²) >= 11 is 1.18. The summed E-state index contributed by atoms with van der Waals surface area (Å²) in [5.74, 6) is -0.154. The van der Waals surface area contributed by atoms with Crippen LogP contribution in [0, 0.1) is 5.82 Å². The molecule has 2 rings (SSSR count). The molecule has 1 atom stereocenters. The van der Waals surface area contributed by atoms with Gasteiger partial charge in [-0.05, 0) is 25.6 Å². The smallest absolute Gasteiger partial charge is 0.253 e. The summed E-state index contributed by atoms with van der Waals surface area (Å²) in [6.45, 7) is 4.58. The van der Waals surface area contributed by atoms with Crippen LogP contribution in [0.5, 0.6) is 0 Å². The van der Waals surface area contributed by atoms with Crippen LogP contribution < -0.4 is 16.6 Å². The Hall–Kier alpha value is -1.86. The van der Waals surface area contributed by atoms with Crippen LogP contribution in [-0.2, 0) is 0 Å². The topological polar surface area (TPSA) is 83.8 Å². The van der Waals surface area contributed by atoms with Crippen molar-refractivity contribution in [2.45, 2.75) is 29.9 Å². The first-order valence-corrected chi connectivity index (χ1v) is 7.39. The van der Waals surface area contributed by atoms with Gasteiger partial charge in [-0.3, -0.25) is 4.79 Å². The van der Waals surface area contributed by atoms with E-state index in [0.29, 0.717) is 15.6 Å². The minimum absolute atomic E-state index is 0.138. The molecule has 1 aromatic heterocycles. The molecule has 0 aliphatic rings. The van der Waals surface area contributed by atoms with Crippen molar-refractivity contribution >= 4 is 17.6 Å². The van der Waals surface area contributed by atoms with Crippen LogP contribution in [0.15, 0.2) is 39.1 Å². The van der Waals surface area contributed by atoms with Gasteiger partial charge in [0.2, 0.25) is 0 Å². The van der Waals surface area contributed by atoms with Crippen molar-refractivity contribution in [3.8, 4) is 0 Å². The second kappa shape index (κ2) is 6.73. The minimum Gasteiger partial charge on any atom is -0.383 e. The fourth-order valence-electron chi connectivity index (χ4n) is 2.04. The quantitative estimate of drug-likeness (QED) is 0.738. The fraction of sp³-hybridized carbons (Fsp3) is 0.286. The lowest BCUT2D eigenvalue weighted by Crippen LogP contribution is -2.19. The lowest BCUT2D eigenvalue weighted by molar-refractivity contribution is 0.531. The van der Waals surface area contributed by atoms with E-state index in [4.69, 9.17) is 5.73 Å². The molecule has 0 amide bonds. The van der Waals surface area contributed by atoms with Crippen molar-refractivity contribution in [1.82, 2.24) is 15.3 Å². The van der Waals surface area contributed by atoms with Crippen LogP contribution in [0.1, 0.15) is 25.5 Å². The molecule has 112 valence electrons. The van der Waals surface area contributed by atoms with Crippen LogP contribution >= 0.6 is 11.8 Å². The second-order valence-electron chi connectivity index (χ2n) is 4.51. The van der Waals surface area contributed by atoms with E-state index in [-0.39, 0.29) is 23.2 Å². The van der Waals surface area contributed by atoms with Gasteiger partial charge in [-0.15, -0.1) is 0 Å². The van der Waals surface area contributed by atoms with E-state index in [1.807, 2.05) is 13.8 Å². The van der Waals surface area contributed by atoms with Crippen LogP contribution in [0.2, 0.25) is 0 Å². The number of nitrogens with zero attached hydrogens (tertiary/aromatic N) is 1. The molecule has 2 aromatic rings. The minimum atomic E-state index is -0.331. The molecule has 0 saturated carbocycles. The average Bonchev–Trinajstić information content (AvgIpc) is 2.37. The Morgan fingerprint density at radius 2 is 2.29 bits per heavy atom. The van der Waals surface area contributed by atoms with E-state index in [1.54, 1.807) is 12.1 Å². The summed E-state index contributed by atoms with van der Waals surface area (Å²) in [6.07, 6.45) is 0. The summed E-state index contributed by atoms with van der Waals surface area (Å²) in [6, 6.07) is 5.90. The number of halogens is 1. The number of nitrogens with one attached hydrogen (secondary N) is 2. The van der Waals surface area contributed by atoms with Crippen molar-refractivity contribution in [3.63, 3.8) is 0 Å². The highest BCUT2D eigenvalue weighted by Crippen LogP contribution is 2.32. The third-order valence-electron chi connectivity index (χ3n) is 2.90. The molecule has 1 aromatic carbocycles. The Morgan fingerprint density at radius 3 is 2.95 bits per heavy atom. The maximum absolute atomic E-state index is 14.1. The van der Waals surface area contributed by atoms with E-state index in [0.717, 1.165) is 6.54 Å². The molecule has 0 spiro atoms. The van der Waals surface area contributed by atoms with Gasteiger partial charge >= 0.3 is 0 Å². The molecule has 0 radical (unpaired) electrons. The summed E-state index contributed by atoms with van der Waals surface area (Å²) in [5.41, 5.74) is 5.78. The molecule has 0 bridgehead atoms. The highest BCUT2D eigenvalue weighted by molar-refractivity contribution is 7.99. The Labute approximate surface area is 126 Å². The van der Waals surface area contributed by atoms with Gasteiger partial charge in [0.15, 0.2) is 5.16 Å². The number of rotatable bonds is 5. The highest BCUT2D eigenvalue weighted by atomic mass is 32.2. The third kappa shape index (κ3) is 3.83. The van der Waals surface area contributed by atoms with E-state index < -0.39 is 0 Å². The average molecular weight is 308 g/mol. The Morgan fingerprint density at radius 1 is 1.52 bits per heavy atom. The highest BCUT2D eigenvalue weighted by Gasteiger charge is 2.16. The van der Waals surface area contributed by atoms with Crippen molar-refractivity contribution in [1.29, 1.82) is 0 Å². The Kier molecular flexibility index (Phi) is 4.98. The largest absolute Gasteiger partial charge is 0.383 e. The lowest BCUT2D eigenvalue weighted by Gasteiger charge is -2.17. The molecule has 7 heteroatoms. The number of nitrogens with two attached hydrogens (primary N) is 1. The SMILES string of the molecule is CCNC(C)c1c(F)cccc1Sc1nc(N)cc(=O)[nH]1. The molecule has 1 unspecified atom stereocenters. The first-order valence-electron chi connectivity index (χ1n) is 6.57. The van der Waals surface area contributed by atoms with Crippen LogP contribution in [0.3, 0.4) is 0 Å². The van der Waals surface area contributed by atoms with E-state index in [1.165, 1.54) is 23.9 Å². The number of nitrogen functional groups attached to an aromatic ring is 1. The molecule has 0 aliphatic carbocycles. The van der Waals surface area contributed by atoms with E-state index in [9.17, 15) is 9.18 Å². The van der Waals surface area contributed by atoms with Crippen LogP contribution in [0.4, 0.5) is 10.2 Å². The van der Waals surface area contributed by atoms with Crippen molar-refractivity contribution < 1.29 is 4.39 Å². The first kappa shape index (κ1) is 15.5. The maximum Gasteiger partial charge on any atom is 0.253 e. The number of hydrogen-bond acceptors (Lipinski definition) is 5. The number of aromatic amines is 1. The summed E-state index contributed by atoms with van der Waals surface area (Å²) in [4.78, 5) is 18.7. The monoisotopic (exact) mass is 308 g/mol. The van der Waals surface area contributed by atoms with Gasteiger partial charge in [0.05, 0.1) is 0 Å². The summed E-state index contributed by atoms with van der Waals surface area (Å²) < 4.78 is 14.1. The predicted octanol–water partition coefficient (Wildman–Crippen LogP) is 2.31. The summed E-state index contributed by atoms with van der Waals surface area (Å²) in [5, 5.41) is 3.52. The standard InChI is InChI=1S/C14H17FN4OS/c1-3-17-8(2)13-9(15)5-4-6-10(13)21-14-18-11(16)7-12(20)19-14/h4-8,17H,3H2,1-2H3,(H3,16,18,19,20). The molecule has 0 aliphatic heterocycles. The van der Waals surface area contributed by atoms with Gasteiger partial charge in [-0.2, -0.15) is 0 Å². The Bertz CT molecular complexity index is 689. The van der Waals surface area contributed by atoms with Crippen LogP contribution in [0.25, 0.3) is 0 Å². The zero-order chi connectivity index (χ0) is 15.4. The van der Waals surface area contributed by atoms with Gasteiger partial charge in [0.1, 0.15) is 11.6 Å². The normalized spacial score (nSPS) is 12.3. The zero-order valence-corrected chi connectivity index (χ0v) is 12.6. The number of anilines is 1. The maximum atomic E-state index is 14.1. The van der Waals surface area contributed by atoms with Gasteiger partial charge in [0, 0.05) is 22.6 Å². The van der Waals surface area contributed by atoms with Crippen LogP contribution in [-0.4, -0.2) is 16.5 Å². The van der Waals surface area contributed by atoms with Gasteiger partial charge in [0.25, 0.3) is 5.56 Å². The molecule has 1 heterocycles. The number of benzene rings is 1. The fourth-order valence-corrected chi connectivity index (χ4v) is 3.08. The molecular formula is C14H17FN4OS. The lowest BCUT2D eigenvalue weighted by atomic mass is 10.1. The van der Waals surface area contributed by atoms with Crippen molar-refractivity contribution in [2.24, 2.45) is 0 Å². The van der Waals surface area contributed by atoms with Gasteiger partial charge in [-0.25, -0.2) is 9.37 Å². The Balaban J connectivity index is 2.39. The third-order valence-corrected chi connectivity index (χ3v) is 3.87. The molecular weight excluding hydrogens is 291 g/mol. The molecule has 4 N–H and O–H groups in total. The number of hydrogen-bond donors (Lipinski definition) is 3. The molecule has 21 heavy (non-hydrogen) atoms. The number of aromatic nitrogens is 2. The predicted molar refractivity (Wildman–Crippen MR) is 81.9 cm³/mol. The van der Waals surface area contributed by atoms with Crippen molar-refractivity contribution in [2.75, 3.05) is 12.3 Å².